The second-order valence-electron chi connectivity index (χ2n) is 5.07. The van der Waals surface area contributed by atoms with Crippen LogP contribution >= 0.6 is 0 Å². The average molecular weight is 225 g/mol. The predicted octanol–water partition coefficient (Wildman–Crippen LogP) is 0.326. The molecule has 0 aromatic rings. The van der Waals surface area contributed by atoms with Crippen molar-refractivity contribution in [1.82, 2.24) is 10.2 Å². The van der Waals surface area contributed by atoms with Gasteiger partial charge in [0.25, 0.3) is 0 Å². The van der Waals surface area contributed by atoms with Crippen molar-refractivity contribution < 1.29 is 4.79 Å². The first-order valence-corrected chi connectivity index (χ1v) is 6.52. The van der Waals surface area contributed by atoms with Gasteiger partial charge in [0, 0.05) is 26.2 Å². The van der Waals surface area contributed by atoms with Crippen molar-refractivity contribution in [3.8, 4) is 0 Å². The van der Waals surface area contributed by atoms with Gasteiger partial charge in [-0.2, -0.15) is 0 Å². The molecule has 0 aromatic heterocycles. The van der Waals surface area contributed by atoms with Crippen LogP contribution in [0.15, 0.2) is 0 Å². The third kappa shape index (κ3) is 2.95. The minimum Gasteiger partial charge on any atom is -0.339 e. The summed E-state index contributed by atoms with van der Waals surface area (Å²) in [6.07, 6.45) is 6.06. The number of carbonyl (C=O) groups is 1. The largest absolute Gasteiger partial charge is 0.339 e. The Labute approximate surface area is 97.6 Å². The molecular weight excluding hydrogens is 202 g/mol. The van der Waals surface area contributed by atoms with E-state index in [0.717, 1.165) is 32.6 Å². The molecule has 2 rings (SSSR count). The number of piperazine rings is 1. The Morgan fingerprint density at radius 1 is 1.31 bits per heavy atom. The summed E-state index contributed by atoms with van der Waals surface area (Å²) in [4.78, 5) is 14.0. The Hall–Kier alpha value is -0.610. The van der Waals surface area contributed by atoms with Crippen LogP contribution in [0.2, 0.25) is 0 Å². The summed E-state index contributed by atoms with van der Waals surface area (Å²) in [5, 5.41) is 3.25. The summed E-state index contributed by atoms with van der Waals surface area (Å²) in [6, 6.07) is -0.263. The van der Waals surface area contributed by atoms with Crippen LogP contribution in [-0.4, -0.2) is 43.0 Å². The van der Waals surface area contributed by atoms with E-state index in [-0.39, 0.29) is 11.9 Å². The number of nitrogens with two attached hydrogens (primary N) is 1. The normalized spacial score (nSPS) is 24.7. The highest BCUT2D eigenvalue weighted by molar-refractivity contribution is 5.81. The van der Waals surface area contributed by atoms with Gasteiger partial charge >= 0.3 is 0 Å². The minimum atomic E-state index is -0.263. The molecular formula is C12H23N3O. The summed E-state index contributed by atoms with van der Waals surface area (Å²) in [7, 11) is 0. The predicted molar refractivity (Wildman–Crippen MR) is 64.0 cm³/mol. The lowest BCUT2D eigenvalue weighted by Crippen LogP contribution is -2.52. The zero-order valence-electron chi connectivity index (χ0n) is 9.95. The third-order valence-corrected chi connectivity index (χ3v) is 3.81. The molecule has 92 valence electrons. The van der Waals surface area contributed by atoms with E-state index in [2.05, 4.69) is 5.32 Å². The van der Waals surface area contributed by atoms with Crippen LogP contribution < -0.4 is 11.1 Å². The van der Waals surface area contributed by atoms with Crippen LogP contribution in [0.25, 0.3) is 0 Å². The number of nitrogens with zero attached hydrogens (tertiary/aromatic N) is 1. The van der Waals surface area contributed by atoms with E-state index in [1.54, 1.807) is 0 Å². The molecule has 1 saturated carbocycles. The molecule has 2 fully saturated rings. The van der Waals surface area contributed by atoms with Crippen LogP contribution in [0.4, 0.5) is 0 Å². The highest BCUT2D eigenvalue weighted by atomic mass is 16.2. The molecule has 1 unspecified atom stereocenters. The maximum absolute atomic E-state index is 12.1. The van der Waals surface area contributed by atoms with Crippen LogP contribution in [0.3, 0.4) is 0 Å². The molecule has 0 radical (unpaired) electrons. The Morgan fingerprint density at radius 2 is 1.94 bits per heavy atom. The monoisotopic (exact) mass is 225 g/mol. The van der Waals surface area contributed by atoms with Gasteiger partial charge in [0.1, 0.15) is 0 Å². The SMILES string of the molecule is NC(CC1CCCC1)C(=O)N1CCNCC1. The van der Waals surface area contributed by atoms with Crippen molar-refractivity contribution in [2.24, 2.45) is 11.7 Å². The second-order valence-corrected chi connectivity index (χ2v) is 5.07. The first kappa shape index (κ1) is 11.9. The molecule has 2 aliphatic rings. The van der Waals surface area contributed by atoms with Gasteiger partial charge < -0.3 is 16.0 Å². The molecule has 0 spiro atoms. The molecule has 1 saturated heterocycles. The van der Waals surface area contributed by atoms with Crippen molar-refractivity contribution in [3.05, 3.63) is 0 Å². The smallest absolute Gasteiger partial charge is 0.239 e. The van der Waals surface area contributed by atoms with Crippen LogP contribution in [0, 0.1) is 5.92 Å². The van der Waals surface area contributed by atoms with E-state index in [1.165, 1.54) is 25.7 Å². The molecule has 0 bridgehead atoms. The molecule has 1 amide bonds. The van der Waals surface area contributed by atoms with Gasteiger partial charge in [0.2, 0.25) is 5.91 Å². The van der Waals surface area contributed by atoms with Crippen molar-refractivity contribution in [2.75, 3.05) is 26.2 Å². The molecule has 4 nitrogen and oxygen atoms in total. The summed E-state index contributed by atoms with van der Waals surface area (Å²) in [6.45, 7) is 3.44. The van der Waals surface area contributed by atoms with Gasteiger partial charge in [-0.1, -0.05) is 25.7 Å². The summed E-state index contributed by atoms with van der Waals surface area (Å²) >= 11 is 0. The molecule has 3 N–H and O–H groups in total. The Kier molecular flexibility index (Phi) is 4.18. The van der Waals surface area contributed by atoms with Gasteiger partial charge in [-0.3, -0.25) is 4.79 Å². The number of hydrogen-bond acceptors (Lipinski definition) is 3. The summed E-state index contributed by atoms with van der Waals surface area (Å²) < 4.78 is 0. The maximum Gasteiger partial charge on any atom is 0.239 e. The van der Waals surface area contributed by atoms with Gasteiger partial charge in [-0.25, -0.2) is 0 Å². The maximum atomic E-state index is 12.1. The van der Waals surface area contributed by atoms with Gasteiger partial charge in [-0.05, 0) is 12.3 Å². The second kappa shape index (κ2) is 5.64. The fourth-order valence-corrected chi connectivity index (χ4v) is 2.83. The number of rotatable bonds is 3. The van der Waals surface area contributed by atoms with Crippen LogP contribution in [-0.2, 0) is 4.79 Å². The number of amides is 1. The molecule has 1 atom stereocenters. The zero-order chi connectivity index (χ0) is 11.4. The van der Waals surface area contributed by atoms with Crippen molar-refractivity contribution in [1.29, 1.82) is 0 Å². The highest BCUT2D eigenvalue weighted by Gasteiger charge is 2.26. The lowest BCUT2D eigenvalue weighted by Gasteiger charge is -2.30. The Bertz CT molecular complexity index is 232. The highest BCUT2D eigenvalue weighted by Crippen LogP contribution is 2.28. The van der Waals surface area contributed by atoms with Gasteiger partial charge in [-0.15, -0.1) is 0 Å². The number of nitrogens with one attached hydrogen (secondary N) is 1. The molecule has 16 heavy (non-hydrogen) atoms. The standard InChI is InChI=1S/C12H23N3O/c13-11(9-10-3-1-2-4-10)12(16)15-7-5-14-6-8-15/h10-11,14H,1-9,13H2. The van der Waals surface area contributed by atoms with E-state index in [0.29, 0.717) is 5.92 Å². The minimum absolute atomic E-state index is 0.161. The van der Waals surface area contributed by atoms with Crippen molar-refractivity contribution in [3.63, 3.8) is 0 Å². The van der Waals surface area contributed by atoms with E-state index in [4.69, 9.17) is 5.73 Å². The average Bonchev–Trinajstić information content (AvgIpc) is 2.82. The molecule has 4 heteroatoms. The fourth-order valence-electron chi connectivity index (χ4n) is 2.83. The number of hydrogen-bond donors (Lipinski definition) is 2. The fraction of sp³-hybridized carbons (Fsp3) is 0.917. The van der Waals surface area contributed by atoms with E-state index >= 15 is 0 Å². The zero-order valence-corrected chi connectivity index (χ0v) is 9.95. The van der Waals surface area contributed by atoms with E-state index < -0.39 is 0 Å². The molecule has 1 aliphatic heterocycles. The topological polar surface area (TPSA) is 58.4 Å². The molecule has 1 heterocycles. The van der Waals surface area contributed by atoms with Crippen molar-refractivity contribution >= 4 is 5.91 Å². The molecule has 0 aromatic carbocycles. The quantitative estimate of drug-likeness (QED) is 0.727. The van der Waals surface area contributed by atoms with E-state index in [9.17, 15) is 4.79 Å². The Morgan fingerprint density at radius 3 is 2.56 bits per heavy atom. The lowest BCUT2D eigenvalue weighted by atomic mass is 9.98. The first-order valence-electron chi connectivity index (χ1n) is 6.52. The Balaban J connectivity index is 1.78. The van der Waals surface area contributed by atoms with Crippen molar-refractivity contribution in [2.45, 2.75) is 38.1 Å². The number of carbonyl (C=O) groups excluding carboxylic acids is 1. The van der Waals surface area contributed by atoms with Crippen LogP contribution in [0.5, 0.6) is 0 Å². The summed E-state index contributed by atoms with van der Waals surface area (Å²) in [5.41, 5.74) is 6.02. The van der Waals surface area contributed by atoms with Gasteiger partial charge in [0.05, 0.1) is 6.04 Å². The van der Waals surface area contributed by atoms with E-state index in [1.807, 2.05) is 4.90 Å². The van der Waals surface area contributed by atoms with Crippen LogP contribution in [0.1, 0.15) is 32.1 Å². The lowest BCUT2D eigenvalue weighted by molar-refractivity contribution is -0.133. The van der Waals surface area contributed by atoms with Gasteiger partial charge in [0.15, 0.2) is 0 Å². The third-order valence-electron chi connectivity index (χ3n) is 3.81. The summed E-state index contributed by atoms with van der Waals surface area (Å²) in [5.74, 6) is 0.857. The molecule has 1 aliphatic carbocycles. The first-order chi connectivity index (χ1) is 7.77.